The number of hydrogen-bond donors (Lipinski definition) is 1. The molecule has 1 nitrogen and oxygen atoms in total. The summed E-state index contributed by atoms with van der Waals surface area (Å²) in [4.78, 5) is 2.86. The van der Waals surface area contributed by atoms with Gasteiger partial charge in [0.05, 0.1) is 6.10 Å². The molecule has 1 aromatic rings. The zero-order chi connectivity index (χ0) is 10.1. The zero-order valence-corrected chi connectivity index (χ0v) is 9.73. The SMILES string of the molecule is CC(C)c1cc2c(s1)CCCCC2O. The van der Waals surface area contributed by atoms with Crippen molar-refractivity contribution in [3.05, 3.63) is 21.4 Å². The van der Waals surface area contributed by atoms with Crippen molar-refractivity contribution in [2.24, 2.45) is 0 Å². The summed E-state index contributed by atoms with van der Waals surface area (Å²) in [6.45, 7) is 4.44. The molecule has 0 radical (unpaired) electrons. The second-order valence-electron chi connectivity index (χ2n) is 4.44. The van der Waals surface area contributed by atoms with Crippen LogP contribution in [0.5, 0.6) is 0 Å². The van der Waals surface area contributed by atoms with E-state index in [-0.39, 0.29) is 6.10 Å². The van der Waals surface area contributed by atoms with Crippen LogP contribution in [0.1, 0.15) is 60.4 Å². The molecule has 78 valence electrons. The van der Waals surface area contributed by atoms with Crippen LogP contribution >= 0.6 is 11.3 Å². The molecule has 2 heteroatoms. The van der Waals surface area contributed by atoms with Crippen LogP contribution in [0.4, 0.5) is 0 Å². The van der Waals surface area contributed by atoms with Crippen molar-refractivity contribution in [1.82, 2.24) is 0 Å². The average molecular weight is 210 g/mol. The van der Waals surface area contributed by atoms with Gasteiger partial charge in [-0.05, 0) is 36.8 Å². The molecule has 1 heterocycles. The number of hydrogen-bond acceptors (Lipinski definition) is 2. The molecule has 0 saturated carbocycles. The zero-order valence-electron chi connectivity index (χ0n) is 8.92. The molecule has 1 N–H and O–H groups in total. The smallest absolute Gasteiger partial charge is 0.0800 e. The number of fused-ring (bicyclic) bond motifs is 1. The van der Waals surface area contributed by atoms with E-state index in [0.717, 1.165) is 6.42 Å². The summed E-state index contributed by atoms with van der Waals surface area (Å²) in [5.41, 5.74) is 1.22. The molecular weight excluding hydrogens is 192 g/mol. The number of aliphatic hydroxyl groups excluding tert-OH is 1. The minimum absolute atomic E-state index is 0.198. The fourth-order valence-electron chi connectivity index (χ4n) is 2.01. The second kappa shape index (κ2) is 4.03. The van der Waals surface area contributed by atoms with Crippen LogP contribution in [0.25, 0.3) is 0 Å². The Balaban J connectivity index is 2.34. The molecule has 0 spiro atoms. The lowest BCUT2D eigenvalue weighted by atomic mass is 10.1. The second-order valence-corrected chi connectivity index (χ2v) is 5.61. The minimum Gasteiger partial charge on any atom is -0.388 e. The normalized spacial score (nSPS) is 22.1. The fourth-order valence-corrected chi connectivity index (χ4v) is 3.27. The van der Waals surface area contributed by atoms with Crippen molar-refractivity contribution in [3.63, 3.8) is 0 Å². The first-order valence-corrected chi connectivity index (χ1v) is 6.30. The van der Waals surface area contributed by atoms with Crippen molar-refractivity contribution in [2.75, 3.05) is 0 Å². The first kappa shape index (κ1) is 10.2. The van der Waals surface area contributed by atoms with Crippen LogP contribution in [0.15, 0.2) is 6.07 Å². The largest absolute Gasteiger partial charge is 0.388 e. The molecule has 0 saturated heterocycles. The van der Waals surface area contributed by atoms with Gasteiger partial charge in [0.1, 0.15) is 0 Å². The molecule has 0 amide bonds. The standard InChI is InChI=1S/C12H18OS/c1-8(2)12-7-9-10(13)5-3-4-6-11(9)14-12/h7-8,10,13H,3-6H2,1-2H3. The maximum absolute atomic E-state index is 9.94. The van der Waals surface area contributed by atoms with Gasteiger partial charge in [0, 0.05) is 9.75 Å². The Morgan fingerprint density at radius 2 is 2.21 bits per heavy atom. The summed E-state index contributed by atoms with van der Waals surface area (Å²) in [5.74, 6) is 0.596. The Kier molecular flexibility index (Phi) is 2.93. The molecule has 1 aromatic heterocycles. The molecule has 2 rings (SSSR count). The fraction of sp³-hybridized carbons (Fsp3) is 0.667. The van der Waals surface area contributed by atoms with E-state index in [2.05, 4.69) is 19.9 Å². The topological polar surface area (TPSA) is 20.2 Å². The van der Waals surface area contributed by atoms with E-state index in [1.54, 1.807) is 0 Å². The van der Waals surface area contributed by atoms with Gasteiger partial charge in [-0.2, -0.15) is 0 Å². The van der Waals surface area contributed by atoms with E-state index in [9.17, 15) is 5.11 Å². The van der Waals surface area contributed by atoms with Gasteiger partial charge in [0.25, 0.3) is 0 Å². The van der Waals surface area contributed by atoms with Gasteiger partial charge in [-0.25, -0.2) is 0 Å². The van der Waals surface area contributed by atoms with E-state index in [1.165, 1.54) is 34.6 Å². The third-order valence-corrected chi connectivity index (χ3v) is 4.43. The highest BCUT2D eigenvalue weighted by atomic mass is 32.1. The van der Waals surface area contributed by atoms with Gasteiger partial charge >= 0.3 is 0 Å². The number of rotatable bonds is 1. The van der Waals surface area contributed by atoms with E-state index in [0.29, 0.717) is 5.92 Å². The third-order valence-electron chi connectivity index (χ3n) is 2.92. The molecular formula is C12H18OS. The highest BCUT2D eigenvalue weighted by Gasteiger charge is 2.19. The summed E-state index contributed by atoms with van der Waals surface area (Å²) in [6.07, 6.45) is 4.32. The van der Waals surface area contributed by atoms with Gasteiger partial charge in [0.2, 0.25) is 0 Å². The molecule has 0 aliphatic heterocycles. The number of thiophene rings is 1. The molecule has 0 bridgehead atoms. The monoisotopic (exact) mass is 210 g/mol. The van der Waals surface area contributed by atoms with Gasteiger partial charge in [-0.1, -0.05) is 20.3 Å². The van der Waals surface area contributed by atoms with Crippen molar-refractivity contribution in [1.29, 1.82) is 0 Å². The Morgan fingerprint density at radius 3 is 2.93 bits per heavy atom. The molecule has 1 aliphatic carbocycles. The summed E-state index contributed by atoms with van der Waals surface area (Å²) in [5, 5.41) is 9.94. The summed E-state index contributed by atoms with van der Waals surface area (Å²) >= 11 is 1.90. The highest BCUT2D eigenvalue weighted by molar-refractivity contribution is 7.12. The van der Waals surface area contributed by atoms with E-state index in [4.69, 9.17) is 0 Å². The van der Waals surface area contributed by atoms with Crippen molar-refractivity contribution in [2.45, 2.75) is 51.6 Å². The quantitative estimate of drug-likeness (QED) is 0.702. The maximum atomic E-state index is 9.94. The Hall–Kier alpha value is -0.340. The van der Waals surface area contributed by atoms with Gasteiger partial charge in [-0.3, -0.25) is 0 Å². The predicted octanol–water partition coefficient (Wildman–Crippen LogP) is 3.63. The van der Waals surface area contributed by atoms with E-state index in [1.807, 2.05) is 11.3 Å². The first-order valence-electron chi connectivity index (χ1n) is 5.49. The Labute approximate surface area is 89.8 Å². The van der Waals surface area contributed by atoms with Gasteiger partial charge in [-0.15, -0.1) is 11.3 Å². The highest BCUT2D eigenvalue weighted by Crippen LogP contribution is 2.37. The van der Waals surface area contributed by atoms with Crippen LogP contribution < -0.4 is 0 Å². The van der Waals surface area contributed by atoms with E-state index >= 15 is 0 Å². The Bertz CT molecular complexity index is 314. The lowest BCUT2D eigenvalue weighted by Gasteiger charge is -2.05. The van der Waals surface area contributed by atoms with Crippen LogP contribution in [0.3, 0.4) is 0 Å². The summed E-state index contributed by atoms with van der Waals surface area (Å²) < 4.78 is 0. The number of aliphatic hydroxyl groups is 1. The van der Waals surface area contributed by atoms with Crippen LogP contribution in [0, 0.1) is 0 Å². The molecule has 1 aliphatic rings. The van der Waals surface area contributed by atoms with Gasteiger partial charge < -0.3 is 5.11 Å². The van der Waals surface area contributed by atoms with E-state index < -0.39 is 0 Å². The lowest BCUT2D eigenvalue weighted by Crippen LogP contribution is -1.94. The minimum atomic E-state index is -0.198. The van der Waals surface area contributed by atoms with Crippen molar-refractivity contribution in [3.8, 4) is 0 Å². The maximum Gasteiger partial charge on any atom is 0.0800 e. The first-order chi connectivity index (χ1) is 6.68. The molecule has 0 aromatic carbocycles. The summed E-state index contributed by atoms with van der Waals surface area (Å²) in [7, 11) is 0. The molecule has 1 atom stereocenters. The Morgan fingerprint density at radius 1 is 1.43 bits per heavy atom. The molecule has 14 heavy (non-hydrogen) atoms. The molecule has 1 unspecified atom stereocenters. The van der Waals surface area contributed by atoms with Gasteiger partial charge in [0.15, 0.2) is 0 Å². The number of aryl methyl sites for hydroxylation is 1. The average Bonchev–Trinajstić information content (AvgIpc) is 2.49. The third kappa shape index (κ3) is 1.86. The summed E-state index contributed by atoms with van der Waals surface area (Å²) in [6, 6.07) is 2.22. The van der Waals surface area contributed by atoms with Crippen molar-refractivity contribution < 1.29 is 5.11 Å². The molecule has 0 fully saturated rings. The van der Waals surface area contributed by atoms with Crippen LogP contribution in [-0.2, 0) is 6.42 Å². The predicted molar refractivity (Wildman–Crippen MR) is 60.9 cm³/mol. The van der Waals surface area contributed by atoms with Crippen LogP contribution in [-0.4, -0.2) is 5.11 Å². The van der Waals surface area contributed by atoms with Crippen LogP contribution in [0.2, 0.25) is 0 Å². The van der Waals surface area contributed by atoms with Crippen molar-refractivity contribution >= 4 is 11.3 Å². The lowest BCUT2D eigenvalue weighted by molar-refractivity contribution is 0.167.